The lowest BCUT2D eigenvalue weighted by Crippen LogP contribution is -2.39. The van der Waals surface area contributed by atoms with Crippen molar-refractivity contribution in [2.75, 3.05) is 50.1 Å². The summed E-state index contributed by atoms with van der Waals surface area (Å²) in [5.41, 5.74) is 5.85. The Bertz CT molecular complexity index is 470. The molecule has 1 fully saturated rings. The number of ether oxygens (including phenoxy) is 2. The van der Waals surface area contributed by atoms with Crippen molar-refractivity contribution in [3.63, 3.8) is 0 Å². The Morgan fingerprint density at radius 1 is 1.48 bits per heavy atom. The molecule has 1 amide bonds. The van der Waals surface area contributed by atoms with Gasteiger partial charge in [-0.3, -0.25) is 4.79 Å². The number of hydrogen-bond acceptors (Lipinski definition) is 7. The van der Waals surface area contributed by atoms with Crippen molar-refractivity contribution in [3.8, 4) is 0 Å². The molecule has 1 aliphatic rings. The summed E-state index contributed by atoms with van der Waals surface area (Å²) in [6.45, 7) is 7.84. The predicted octanol–water partition coefficient (Wildman–Crippen LogP) is 0.717. The molecule has 118 valence electrons. The topological polar surface area (TPSA) is 89.7 Å². The largest absolute Gasteiger partial charge is 0.382 e. The highest BCUT2D eigenvalue weighted by Gasteiger charge is 2.20. The van der Waals surface area contributed by atoms with E-state index in [2.05, 4.69) is 15.2 Å². The summed E-state index contributed by atoms with van der Waals surface area (Å²) < 4.78 is 10.8. The average molecular weight is 314 g/mol. The maximum Gasteiger partial charge on any atom is 0.265 e. The minimum Gasteiger partial charge on any atom is -0.382 e. The van der Waals surface area contributed by atoms with E-state index in [0.29, 0.717) is 31.2 Å². The normalized spacial score (nSPS) is 18.5. The molecule has 8 heteroatoms. The average Bonchev–Trinajstić information content (AvgIpc) is 2.89. The third kappa shape index (κ3) is 4.05. The van der Waals surface area contributed by atoms with Crippen molar-refractivity contribution in [1.29, 1.82) is 0 Å². The number of carbonyl (C=O) groups is 1. The van der Waals surface area contributed by atoms with Crippen molar-refractivity contribution < 1.29 is 14.3 Å². The number of rotatable bonds is 6. The summed E-state index contributed by atoms with van der Waals surface area (Å²) in [6.07, 6.45) is -0.0981. The second-order valence-electron chi connectivity index (χ2n) is 4.66. The van der Waals surface area contributed by atoms with Crippen molar-refractivity contribution >= 4 is 28.2 Å². The molecule has 1 aliphatic heterocycles. The van der Waals surface area contributed by atoms with E-state index in [9.17, 15) is 4.79 Å². The molecule has 2 heterocycles. The summed E-state index contributed by atoms with van der Waals surface area (Å²) in [5.74, 6) is 0.0674. The highest BCUT2D eigenvalue weighted by atomic mass is 32.1. The standard InChI is InChI=1S/C13H22N4O3S/c1-3-17(4-2)13-16-11(14)10(21-13)12(18)15-7-9-8-19-5-6-20-9/h9H,3-8,14H2,1-2H3,(H,15,18). The summed E-state index contributed by atoms with van der Waals surface area (Å²) in [7, 11) is 0. The summed E-state index contributed by atoms with van der Waals surface area (Å²) >= 11 is 1.32. The molecule has 0 saturated carbocycles. The van der Waals surface area contributed by atoms with Gasteiger partial charge in [0.05, 0.1) is 25.9 Å². The van der Waals surface area contributed by atoms with Gasteiger partial charge in [0.25, 0.3) is 5.91 Å². The minimum atomic E-state index is -0.211. The van der Waals surface area contributed by atoms with E-state index >= 15 is 0 Å². The predicted molar refractivity (Wildman–Crippen MR) is 83.0 cm³/mol. The molecule has 1 atom stereocenters. The first-order valence-corrected chi connectivity index (χ1v) is 7.96. The molecule has 0 spiro atoms. The van der Waals surface area contributed by atoms with Gasteiger partial charge in [-0.1, -0.05) is 11.3 Å². The van der Waals surface area contributed by atoms with Crippen LogP contribution in [0, 0.1) is 0 Å². The van der Waals surface area contributed by atoms with Gasteiger partial charge in [-0.15, -0.1) is 0 Å². The molecule has 3 N–H and O–H groups in total. The van der Waals surface area contributed by atoms with Crippen LogP contribution in [0.15, 0.2) is 0 Å². The fourth-order valence-electron chi connectivity index (χ4n) is 2.05. The van der Waals surface area contributed by atoms with Gasteiger partial charge in [0, 0.05) is 19.6 Å². The van der Waals surface area contributed by atoms with Crippen LogP contribution in [-0.2, 0) is 9.47 Å². The maximum atomic E-state index is 12.2. The van der Waals surface area contributed by atoms with Crippen LogP contribution in [0.5, 0.6) is 0 Å². The third-order valence-electron chi connectivity index (χ3n) is 3.26. The van der Waals surface area contributed by atoms with Gasteiger partial charge in [0.1, 0.15) is 10.7 Å². The molecule has 2 rings (SSSR count). The molecule has 1 aromatic rings. The third-order valence-corrected chi connectivity index (χ3v) is 4.39. The Morgan fingerprint density at radius 2 is 2.24 bits per heavy atom. The first-order valence-electron chi connectivity index (χ1n) is 7.14. The van der Waals surface area contributed by atoms with Gasteiger partial charge in [0.15, 0.2) is 5.13 Å². The quantitative estimate of drug-likeness (QED) is 0.804. The Kier molecular flexibility index (Phi) is 5.77. The lowest BCUT2D eigenvalue weighted by atomic mass is 10.3. The van der Waals surface area contributed by atoms with Crippen molar-refractivity contribution in [1.82, 2.24) is 10.3 Å². The number of anilines is 2. The molecule has 0 bridgehead atoms. The zero-order chi connectivity index (χ0) is 15.2. The van der Waals surface area contributed by atoms with Crippen molar-refractivity contribution in [3.05, 3.63) is 4.88 Å². The lowest BCUT2D eigenvalue weighted by Gasteiger charge is -2.22. The number of nitrogens with two attached hydrogens (primary N) is 1. The highest BCUT2D eigenvalue weighted by molar-refractivity contribution is 7.18. The van der Waals surface area contributed by atoms with E-state index < -0.39 is 0 Å². The second-order valence-corrected chi connectivity index (χ2v) is 5.64. The number of aromatic nitrogens is 1. The SMILES string of the molecule is CCN(CC)c1nc(N)c(C(=O)NCC2COCCO2)s1. The number of nitrogens with one attached hydrogen (secondary N) is 1. The van der Waals surface area contributed by atoms with Crippen LogP contribution in [-0.4, -0.2) is 56.5 Å². The number of hydrogen-bond donors (Lipinski definition) is 2. The van der Waals surface area contributed by atoms with Crippen LogP contribution in [0.2, 0.25) is 0 Å². The van der Waals surface area contributed by atoms with Crippen molar-refractivity contribution in [2.45, 2.75) is 20.0 Å². The zero-order valence-corrected chi connectivity index (χ0v) is 13.2. The summed E-state index contributed by atoms with van der Waals surface area (Å²) in [4.78, 5) is 19.0. The first kappa shape index (κ1) is 16.0. The van der Waals surface area contributed by atoms with Crippen LogP contribution in [0.3, 0.4) is 0 Å². The number of amides is 1. The first-order chi connectivity index (χ1) is 10.2. The van der Waals surface area contributed by atoms with Crippen LogP contribution >= 0.6 is 11.3 Å². The van der Waals surface area contributed by atoms with E-state index in [1.807, 2.05) is 13.8 Å². The van der Waals surface area contributed by atoms with E-state index in [1.54, 1.807) is 0 Å². The lowest BCUT2D eigenvalue weighted by molar-refractivity contribution is -0.0855. The van der Waals surface area contributed by atoms with Gasteiger partial charge in [-0.2, -0.15) is 0 Å². The Labute approximate surface area is 128 Å². The number of thiazole rings is 1. The molecule has 1 saturated heterocycles. The molecule has 0 aromatic carbocycles. The van der Waals surface area contributed by atoms with Gasteiger partial charge < -0.3 is 25.4 Å². The van der Waals surface area contributed by atoms with Crippen LogP contribution in [0.4, 0.5) is 10.9 Å². The molecule has 21 heavy (non-hydrogen) atoms. The molecular weight excluding hydrogens is 292 g/mol. The molecule has 1 aromatic heterocycles. The monoisotopic (exact) mass is 314 g/mol. The van der Waals surface area contributed by atoms with E-state index in [0.717, 1.165) is 18.2 Å². The smallest absolute Gasteiger partial charge is 0.265 e. The highest BCUT2D eigenvalue weighted by Crippen LogP contribution is 2.27. The Hall–Kier alpha value is -1.38. The van der Waals surface area contributed by atoms with Crippen LogP contribution < -0.4 is 16.0 Å². The van der Waals surface area contributed by atoms with Gasteiger partial charge in [0.2, 0.25) is 0 Å². The van der Waals surface area contributed by atoms with Crippen LogP contribution in [0.1, 0.15) is 23.5 Å². The van der Waals surface area contributed by atoms with E-state index in [4.69, 9.17) is 15.2 Å². The van der Waals surface area contributed by atoms with Crippen molar-refractivity contribution in [2.24, 2.45) is 0 Å². The fraction of sp³-hybridized carbons (Fsp3) is 0.692. The van der Waals surface area contributed by atoms with E-state index in [1.165, 1.54) is 11.3 Å². The fourth-order valence-corrected chi connectivity index (χ4v) is 3.08. The van der Waals surface area contributed by atoms with Gasteiger partial charge in [-0.05, 0) is 13.8 Å². The number of carbonyl (C=O) groups excluding carboxylic acids is 1. The summed E-state index contributed by atoms with van der Waals surface area (Å²) in [5, 5.41) is 3.60. The zero-order valence-electron chi connectivity index (χ0n) is 12.4. The Morgan fingerprint density at radius 3 is 2.86 bits per heavy atom. The van der Waals surface area contributed by atoms with E-state index in [-0.39, 0.29) is 17.8 Å². The van der Waals surface area contributed by atoms with Gasteiger partial charge in [-0.25, -0.2) is 4.98 Å². The molecule has 1 unspecified atom stereocenters. The number of nitrogen functional groups attached to an aromatic ring is 1. The minimum absolute atomic E-state index is 0.0981. The Balaban J connectivity index is 1.95. The summed E-state index contributed by atoms with van der Waals surface area (Å²) in [6, 6.07) is 0. The molecule has 7 nitrogen and oxygen atoms in total. The molecule has 0 aliphatic carbocycles. The number of nitrogens with zero attached hydrogens (tertiary/aromatic N) is 2. The second kappa shape index (κ2) is 7.58. The molecular formula is C13H22N4O3S. The maximum absolute atomic E-state index is 12.2. The molecule has 0 radical (unpaired) electrons. The van der Waals surface area contributed by atoms with Gasteiger partial charge >= 0.3 is 0 Å². The van der Waals surface area contributed by atoms with Crippen LogP contribution in [0.25, 0.3) is 0 Å².